The third-order valence-electron chi connectivity index (χ3n) is 4.71. The van der Waals surface area contributed by atoms with Gasteiger partial charge < -0.3 is 9.67 Å². The maximum absolute atomic E-state index is 12.5. The van der Waals surface area contributed by atoms with E-state index in [1.54, 1.807) is 12.3 Å². The van der Waals surface area contributed by atoms with Crippen LogP contribution < -0.4 is 5.43 Å². The zero-order valence-electron chi connectivity index (χ0n) is 14.8. The Hall–Kier alpha value is -3.59. The Morgan fingerprint density at radius 1 is 0.852 bits per heavy atom. The summed E-state index contributed by atoms with van der Waals surface area (Å²) in [5.74, 6) is -0.209. The number of nitrogens with zero attached hydrogens (tertiary/aromatic N) is 1. The molecule has 0 aliphatic carbocycles. The minimum Gasteiger partial charge on any atom is -0.508 e. The Bertz CT molecular complexity index is 1170. The van der Waals surface area contributed by atoms with E-state index in [1.165, 1.54) is 5.56 Å². The van der Waals surface area contributed by atoms with Crippen molar-refractivity contribution >= 4 is 16.7 Å². The van der Waals surface area contributed by atoms with E-state index in [9.17, 15) is 9.90 Å². The third-order valence-corrected chi connectivity index (χ3v) is 4.71. The average Bonchev–Trinajstić information content (AvgIpc) is 2.71. The molecule has 0 atom stereocenters. The van der Waals surface area contributed by atoms with E-state index in [0.29, 0.717) is 11.9 Å². The lowest BCUT2D eigenvalue weighted by molar-refractivity contribution is 0.512. The van der Waals surface area contributed by atoms with Crippen molar-refractivity contribution in [3.8, 4) is 11.1 Å². The number of rotatable bonds is 4. The number of aliphatic hydroxyl groups is 1. The topological polar surface area (TPSA) is 42.2 Å². The zero-order chi connectivity index (χ0) is 18.8. The SMILES string of the molecule is C=C(O)c1cn(Cc2ccc(-c3ccccc3)cc2)c2ccccc2c1=O. The van der Waals surface area contributed by atoms with E-state index in [1.807, 2.05) is 41.0 Å². The van der Waals surface area contributed by atoms with Crippen LogP contribution in [0.4, 0.5) is 0 Å². The number of pyridine rings is 1. The number of hydrogen-bond acceptors (Lipinski definition) is 2. The van der Waals surface area contributed by atoms with E-state index in [0.717, 1.165) is 16.6 Å². The van der Waals surface area contributed by atoms with Crippen LogP contribution in [0.2, 0.25) is 0 Å². The maximum atomic E-state index is 12.5. The van der Waals surface area contributed by atoms with Gasteiger partial charge in [-0.2, -0.15) is 0 Å². The molecule has 132 valence electrons. The van der Waals surface area contributed by atoms with E-state index in [4.69, 9.17) is 0 Å². The van der Waals surface area contributed by atoms with E-state index < -0.39 is 0 Å². The second-order valence-electron chi connectivity index (χ2n) is 6.53. The first-order valence-electron chi connectivity index (χ1n) is 8.78. The van der Waals surface area contributed by atoms with Gasteiger partial charge in [0.2, 0.25) is 0 Å². The summed E-state index contributed by atoms with van der Waals surface area (Å²) in [5, 5.41) is 10.4. The van der Waals surface area contributed by atoms with Gasteiger partial charge in [0, 0.05) is 18.1 Å². The molecule has 0 bridgehead atoms. The van der Waals surface area contributed by atoms with Crippen molar-refractivity contribution in [1.29, 1.82) is 0 Å². The Morgan fingerprint density at radius 2 is 1.48 bits per heavy atom. The lowest BCUT2D eigenvalue weighted by atomic mass is 10.0. The van der Waals surface area contributed by atoms with Crippen molar-refractivity contribution in [3.63, 3.8) is 0 Å². The molecule has 0 unspecified atom stereocenters. The van der Waals surface area contributed by atoms with Crippen LogP contribution in [0.3, 0.4) is 0 Å². The Labute approximate surface area is 157 Å². The number of fused-ring (bicyclic) bond motifs is 1. The van der Waals surface area contributed by atoms with E-state index >= 15 is 0 Å². The van der Waals surface area contributed by atoms with Crippen LogP contribution in [-0.2, 0) is 6.54 Å². The Kier molecular flexibility index (Phi) is 4.35. The summed E-state index contributed by atoms with van der Waals surface area (Å²) in [6, 6.07) is 26.0. The molecule has 0 spiro atoms. The highest BCUT2D eigenvalue weighted by atomic mass is 16.3. The summed E-state index contributed by atoms with van der Waals surface area (Å²) in [5.41, 5.74) is 4.31. The highest BCUT2D eigenvalue weighted by molar-refractivity contribution is 5.82. The maximum Gasteiger partial charge on any atom is 0.200 e. The van der Waals surface area contributed by atoms with Gasteiger partial charge in [0.05, 0.1) is 11.1 Å². The lowest BCUT2D eigenvalue weighted by Crippen LogP contribution is -2.14. The molecule has 27 heavy (non-hydrogen) atoms. The van der Waals surface area contributed by atoms with Gasteiger partial charge >= 0.3 is 0 Å². The molecule has 0 saturated heterocycles. The normalized spacial score (nSPS) is 10.8. The molecule has 3 aromatic carbocycles. The van der Waals surface area contributed by atoms with Crippen molar-refractivity contribution in [2.75, 3.05) is 0 Å². The summed E-state index contributed by atoms with van der Waals surface area (Å²) in [6.07, 6.45) is 1.68. The number of benzene rings is 3. The van der Waals surface area contributed by atoms with Gasteiger partial charge in [-0.3, -0.25) is 4.79 Å². The molecule has 1 N–H and O–H groups in total. The average molecular weight is 353 g/mol. The minimum atomic E-state index is -0.209. The highest BCUT2D eigenvalue weighted by Crippen LogP contribution is 2.21. The first-order chi connectivity index (χ1) is 13.1. The predicted molar refractivity (Wildman–Crippen MR) is 111 cm³/mol. The molecule has 0 saturated carbocycles. The number of aromatic nitrogens is 1. The predicted octanol–water partition coefficient (Wildman–Crippen LogP) is 5.25. The van der Waals surface area contributed by atoms with E-state index in [-0.39, 0.29) is 16.8 Å². The van der Waals surface area contributed by atoms with Gasteiger partial charge in [0.1, 0.15) is 5.76 Å². The Balaban J connectivity index is 1.74. The molecule has 4 aromatic rings. The quantitative estimate of drug-likeness (QED) is 0.510. The third kappa shape index (κ3) is 3.27. The molecule has 0 amide bonds. The van der Waals surface area contributed by atoms with Crippen molar-refractivity contribution < 1.29 is 5.11 Å². The van der Waals surface area contributed by atoms with Crippen LogP contribution in [0.25, 0.3) is 27.8 Å². The fourth-order valence-electron chi connectivity index (χ4n) is 3.31. The summed E-state index contributed by atoms with van der Waals surface area (Å²) < 4.78 is 1.98. The van der Waals surface area contributed by atoms with Gasteiger partial charge in [-0.1, -0.05) is 73.3 Å². The van der Waals surface area contributed by atoms with Gasteiger partial charge in [-0.05, 0) is 28.8 Å². The van der Waals surface area contributed by atoms with Crippen molar-refractivity contribution in [1.82, 2.24) is 4.57 Å². The fourth-order valence-corrected chi connectivity index (χ4v) is 3.31. The number of aliphatic hydroxyl groups excluding tert-OH is 1. The Morgan fingerprint density at radius 3 is 2.19 bits per heavy atom. The number of para-hydroxylation sites is 1. The first kappa shape index (κ1) is 16.9. The molecule has 1 aromatic heterocycles. The molecule has 0 radical (unpaired) electrons. The van der Waals surface area contributed by atoms with Gasteiger partial charge in [-0.15, -0.1) is 0 Å². The van der Waals surface area contributed by atoms with Crippen LogP contribution in [0.5, 0.6) is 0 Å². The van der Waals surface area contributed by atoms with Crippen LogP contribution in [0, 0.1) is 0 Å². The second kappa shape index (κ2) is 6.96. The molecule has 0 fully saturated rings. The molecule has 0 aliphatic rings. The number of hydrogen-bond donors (Lipinski definition) is 1. The zero-order valence-corrected chi connectivity index (χ0v) is 14.8. The summed E-state index contributed by atoms with van der Waals surface area (Å²) in [6.45, 7) is 4.12. The van der Waals surface area contributed by atoms with Crippen LogP contribution >= 0.6 is 0 Å². The minimum absolute atomic E-state index is 0.200. The molecule has 3 nitrogen and oxygen atoms in total. The monoisotopic (exact) mass is 353 g/mol. The fraction of sp³-hybridized carbons (Fsp3) is 0.0417. The first-order valence-corrected chi connectivity index (χ1v) is 8.78. The lowest BCUT2D eigenvalue weighted by Gasteiger charge is -2.14. The van der Waals surface area contributed by atoms with Gasteiger partial charge in [0.15, 0.2) is 5.43 Å². The largest absolute Gasteiger partial charge is 0.508 e. The van der Waals surface area contributed by atoms with Crippen molar-refractivity contribution in [2.45, 2.75) is 6.54 Å². The van der Waals surface area contributed by atoms with Crippen LogP contribution in [0.15, 0.2) is 96.4 Å². The standard InChI is InChI=1S/C24H19NO2/c1-17(26)22-16-25(23-10-6-5-9-21(23)24(22)27)15-18-11-13-20(14-12-18)19-7-3-2-4-8-19/h2-14,16,26H,1,15H2. The molecular weight excluding hydrogens is 334 g/mol. The molecule has 3 heteroatoms. The molecular formula is C24H19NO2. The second-order valence-corrected chi connectivity index (χ2v) is 6.53. The molecule has 4 rings (SSSR count). The van der Waals surface area contributed by atoms with Crippen LogP contribution in [-0.4, -0.2) is 9.67 Å². The summed E-state index contributed by atoms with van der Waals surface area (Å²) in [4.78, 5) is 12.5. The van der Waals surface area contributed by atoms with E-state index in [2.05, 4.69) is 43.0 Å². The van der Waals surface area contributed by atoms with Crippen LogP contribution in [0.1, 0.15) is 11.1 Å². The molecule has 1 heterocycles. The van der Waals surface area contributed by atoms with Crippen molar-refractivity contribution in [3.05, 3.63) is 113 Å². The smallest absolute Gasteiger partial charge is 0.200 e. The van der Waals surface area contributed by atoms with Gasteiger partial charge in [-0.25, -0.2) is 0 Å². The summed E-state index contributed by atoms with van der Waals surface area (Å²) >= 11 is 0. The summed E-state index contributed by atoms with van der Waals surface area (Å²) in [7, 11) is 0. The highest BCUT2D eigenvalue weighted by Gasteiger charge is 2.11. The van der Waals surface area contributed by atoms with Gasteiger partial charge in [0.25, 0.3) is 0 Å². The molecule has 0 aliphatic heterocycles. The van der Waals surface area contributed by atoms with Crippen molar-refractivity contribution in [2.24, 2.45) is 0 Å².